The summed E-state index contributed by atoms with van der Waals surface area (Å²) in [7, 11) is 1.54. The molecule has 1 amide bonds. The Morgan fingerprint density at radius 2 is 1.88 bits per heavy atom. The zero-order valence-electron chi connectivity index (χ0n) is 15.4. The van der Waals surface area contributed by atoms with Crippen LogP contribution in [0.2, 0.25) is 0 Å². The lowest BCUT2D eigenvalue weighted by atomic mass is 9.88. The van der Waals surface area contributed by atoms with Gasteiger partial charge in [-0.05, 0) is 25.3 Å². The van der Waals surface area contributed by atoms with Crippen LogP contribution in [0.1, 0.15) is 31.4 Å². The fourth-order valence-corrected chi connectivity index (χ4v) is 3.06. The zero-order chi connectivity index (χ0) is 17.4. The van der Waals surface area contributed by atoms with Gasteiger partial charge in [0.1, 0.15) is 6.04 Å². The summed E-state index contributed by atoms with van der Waals surface area (Å²) in [4.78, 5) is 12.1. The summed E-state index contributed by atoms with van der Waals surface area (Å²) in [5.41, 5.74) is 6.84. The Kier molecular flexibility index (Phi) is 12.1. The van der Waals surface area contributed by atoms with Gasteiger partial charge in [-0.15, -0.1) is 24.8 Å². The molecule has 1 saturated heterocycles. The molecule has 0 saturated carbocycles. The first-order valence-electron chi connectivity index (χ1n) is 8.49. The Morgan fingerprint density at radius 3 is 2.46 bits per heavy atom. The lowest BCUT2D eigenvalue weighted by molar-refractivity contribution is -0.124. The Balaban J connectivity index is 0.00000312. The highest BCUT2D eigenvalue weighted by Crippen LogP contribution is 2.25. The van der Waals surface area contributed by atoms with Crippen LogP contribution in [-0.2, 0) is 14.3 Å². The maximum absolute atomic E-state index is 12.1. The molecular weight excluding hydrogens is 377 g/mol. The topological polar surface area (TPSA) is 85.6 Å². The third-order valence-electron chi connectivity index (χ3n) is 4.56. The van der Waals surface area contributed by atoms with Gasteiger partial charge in [-0.25, -0.2) is 0 Å². The van der Waals surface area contributed by atoms with Gasteiger partial charge in [0, 0.05) is 38.4 Å². The van der Waals surface area contributed by atoms with Crippen LogP contribution in [0.3, 0.4) is 0 Å². The van der Waals surface area contributed by atoms with Gasteiger partial charge in [-0.1, -0.05) is 30.3 Å². The third kappa shape index (κ3) is 7.39. The monoisotopic (exact) mass is 407 g/mol. The smallest absolute Gasteiger partial charge is 0.239 e. The van der Waals surface area contributed by atoms with E-state index in [1.54, 1.807) is 0 Å². The van der Waals surface area contributed by atoms with Gasteiger partial charge in [-0.3, -0.25) is 4.79 Å². The van der Waals surface area contributed by atoms with Crippen molar-refractivity contribution in [3.8, 4) is 0 Å². The summed E-state index contributed by atoms with van der Waals surface area (Å²) in [6.45, 7) is 4.27. The average molecular weight is 408 g/mol. The van der Waals surface area contributed by atoms with Crippen molar-refractivity contribution in [2.24, 2.45) is 5.73 Å². The molecule has 26 heavy (non-hydrogen) atoms. The highest BCUT2D eigenvalue weighted by atomic mass is 35.5. The van der Waals surface area contributed by atoms with Gasteiger partial charge >= 0.3 is 0 Å². The maximum Gasteiger partial charge on any atom is 0.239 e. The molecule has 1 heterocycles. The molecule has 0 aromatic heterocycles. The van der Waals surface area contributed by atoms with Crippen LogP contribution in [0.25, 0.3) is 0 Å². The second kappa shape index (κ2) is 12.5. The minimum atomic E-state index is -0.640. The Morgan fingerprint density at radius 1 is 1.27 bits per heavy atom. The molecule has 1 aliphatic heterocycles. The second-order valence-electron chi connectivity index (χ2n) is 6.45. The van der Waals surface area contributed by atoms with Crippen LogP contribution in [-0.4, -0.2) is 51.0 Å². The number of nitrogens with one attached hydrogen (secondary N) is 2. The number of hydrogen-bond donors (Lipinski definition) is 3. The molecule has 150 valence electrons. The maximum atomic E-state index is 12.1. The Bertz CT molecular complexity index is 514. The summed E-state index contributed by atoms with van der Waals surface area (Å²) >= 11 is 0. The SMILES string of the molecule is COCC(N)C(=O)NCC1(NC(C)c2ccccc2)CCOCC1.Cl.Cl. The fraction of sp³-hybridized carbons (Fsp3) is 0.611. The van der Waals surface area contributed by atoms with Crippen molar-refractivity contribution in [2.75, 3.05) is 33.5 Å². The number of nitrogens with two attached hydrogens (primary N) is 1. The van der Waals surface area contributed by atoms with E-state index in [1.165, 1.54) is 12.7 Å². The molecular formula is C18H31Cl2N3O3. The molecule has 4 N–H and O–H groups in total. The Hall–Kier alpha value is -0.890. The van der Waals surface area contributed by atoms with Crippen LogP contribution in [0.15, 0.2) is 30.3 Å². The van der Waals surface area contributed by atoms with Crippen molar-refractivity contribution < 1.29 is 14.3 Å². The van der Waals surface area contributed by atoms with Crippen LogP contribution in [0, 0.1) is 0 Å². The molecule has 1 aliphatic rings. The first-order valence-corrected chi connectivity index (χ1v) is 8.49. The van der Waals surface area contributed by atoms with Gasteiger partial charge in [0.05, 0.1) is 6.61 Å². The van der Waals surface area contributed by atoms with E-state index in [-0.39, 0.29) is 48.9 Å². The van der Waals surface area contributed by atoms with Crippen molar-refractivity contribution in [3.63, 3.8) is 0 Å². The van der Waals surface area contributed by atoms with Gasteiger partial charge in [-0.2, -0.15) is 0 Å². The number of halogens is 2. The van der Waals surface area contributed by atoms with E-state index in [0.717, 1.165) is 12.8 Å². The molecule has 0 spiro atoms. The number of amides is 1. The summed E-state index contributed by atoms with van der Waals surface area (Å²) in [6.07, 6.45) is 1.70. The number of carbonyl (C=O) groups is 1. The molecule has 6 nitrogen and oxygen atoms in total. The molecule has 0 radical (unpaired) electrons. The van der Waals surface area contributed by atoms with E-state index in [9.17, 15) is 4.79 Å². The average Bonchev–Trinajstić information content (AvgIpc) is 2.61. The van der Waals surface area contributed by atoms with Gasteiger partial charge in [0.25, 0.3) is 0 Å². The number of benzene rings is 1. The molecule has 2 unspecified atom stereocenters. The normalized spacial score (nSPS) is 18.0. The molecule has 2 atom stereocenters. The fourth-order valence-electron chi connectivity index (χ4n) is 3.06. The van der Waals surface area contributed by atoms with Crippen LogP contribution in [0.4, 0.5) is 0 Å². The van der Waals surface area contributed by atoms with E-state index >= 15 is 0 Å². The standard InChI is InChI=1S/C18H29N3O3.2ClH/c1-14(15-6-4-3-5-7-15)21-18(8-10-24-11-9-18)13-20-17(22)16(19)12-23-2;;/h3-7,14,16,21H,8-13,19H2,1-2H3,(H,20,22);2*1H. The molecule has 0 aliphatic carbocycles. The van der Waals surface area contributed by atoms with Crippen LogP contribution in [0.5, 0.6) is 0 Å². The molecule has 1 fully saturated rings. The number of carbonyl (C=O) groups excluding carboxylic acids is 1. The first kappa shape index (κ1) is 25.1. The number of hydrogen-bond acceptors (Lipinski definition) is 5. The number of rotatable bonds is 8. The minimum absolute atomic E-state index is 0. The summed E-state index contributed by atoms with van der Waals surface area (Å²) in [5, 5.41) is 6.68. The lowest BCUT2D eigenvalue weighted by Gasteiger charge is -2.40. The van der Waals surface area contributed by atoms with Crippen molar-refractivity contribution in [1.29, 1.82) is 0 Å². The molecule has 1 aromatic rings. The van der Waals surface area contributed by atoms with Crippen molar-refractivity contribution in [1.82, 2.24) is 10.6 Å². The summed E-state index contributed by atoms with van der Waals surface area (Å²) in [6, 6.07) is 9.85. The predicted octanol–water partition coefficient (Wildman–Crippen LogP) is 1.82. The predicted molar refractivity (Wildman–Crippen MR) is 108 cm³/mol. The van der Waals surface area contributed by atoms with Gasteiger partial charge < -0.3 is 25.8 Å². The minimum Gasteiger partial charge on any atom is -0.383 e. The number of methoxy groups -OCH3 is 1. The molecule has 8 heteroatoms. The van der Waals surface area contributed by atoms with E-state index in [0.29, 0.717) is 19.8 Å². The van der Waals surface area contributed by atoms with E-state index in [1.807, 2.05) is 18.2 Å². The molecule has 0 bridgehead atoms. The summed E-state index contributed by atoms with van der Waals surface area (Å²) in [5.74, 6) is -0.183. The van der Waals surface area contributed by atoms with E-state index in [2.05, 4.69) is 29.7 Å². The highest BCUT2D eigenvalue weighted by Gasteiger charge is 2.34. The van der Waals surface area contributed by atoms with Gasteiger partial charge in [0.15, 0.2) is 0 Å². The zero-order valence-corrected chi connectivity index (χ0v) is 17.0. The quantitative estimate of drug-likeness (QED) is 0.611. The summed E-state index contributed by atoms with van der Waals surface area (Å²) < 4.78 is 10.5. The Labute approximate surface area is 168 Å². The van der Waals surface area contributed by atoms with Crippen molar-refractivity contribution >= 4 is 30.7 Å². The van der Waals surface area contributed by atoms with Crippen LogP contribution < -0.4 is 16.4 Å². The van der Waals surface area contributed by atoms with E-state index in [4.69, 9.17) is 15.2 Å². The first-order chi connectivity index (χ1) is 11.6. The lowest BCUT2D eigenvalue weighted by Crippen LogP contribution is -2.58. The third-order valence-corrected chi connectivity index (χ3v) is 4.56. The van der Waals surface area contributed by atoms with Crippen molar-refractivity contribution in [3.05, 3.63) is 35.9 Å². The molecule has 1 aromatic carbocycles. The molecule has 2 rings (SSSR count). The van der Waals surface area contributed by atoms with Crippen LogP contribution >= 0.6 is 24.8 Å². The largest absolute Gasteiger partial charge is 0.383 e. The van der Waals surface area contributed by atoms with Gasteiger partial charge in [0.2, 0.25) is 5.91 Å². The van der Waals surface area contributed by atoms with Crippen molar-refractivity contribution in [2.45, 2.75) is 37.4 Å². The van der Waals surface area contributed by atoms with E-state index < -0.39 is 6.04 Å². The second-order valence-corrected chi connectivity index (χ2v) is 6.45. The number of ether oxygens (including phenoxy) is 2. The highest BCUT2D eigenvalue weighted by molar-refractivity contribution is 5.85.